The molecule has 2 amide bonds. The van der Waals surface area contributed by atoms with Gasteiger partial charge in [0.25, 0.3) is 10.0 Å². The number of likely N-dealkylation sites (N-methyl/N-ethyl adjacent to an activating group) is 1. The van der Waals surface area contributed by atoms with Crippen LogP contribution >= 0.6 is 11.6 Å². The van der Waals surface area contributed by atoms with E-state index in [9.17, 15) is 22.4 Å². The van der Waals surface area contributed by atoms with E-state index in [2.05, 4.69) is 5.32 Å². The van der Waals surface area contributed by atoms with Gasteiger partial charge >= 0.3 is 0 Å². The fourth-order valence-corrected chi connectivity index (χ4v) is 5.39. The van der Waals surface area contributed by atoms with Crippen LogP contribution in [0, 0.1) is 19.7 Å². The lowest BCUT2D eigenvalue weighted by Crippen LogP contribution is -2.51. The number of rotatable bonds is 10. The first kappa shape index (κ1) is 29.1. The van der Waals surface area contributed by atoms with Gasteiger partial charge in [-0.05, 0) is 81.3 Å². The predicted molar refractivity (Wildman–Crippen MR) is 147 cm³/mol. The van der Waals surface area contributed by atoms with Crippen molar-refractivity contribution in [2.45, 2.75) is 45.2 Å². The van der Waals surface area contributed by atoms with Crippen molar-refractivity contribution in [1.82, 2.24) is 10.2 Å². The number of carbonyl (C=O) groups is 2. The van der Waals surface area contributed by atoms with E-state index in [4.69, 9.17) is 11.6 Å². The van der Waals surface area contributed by atoms with Gasteiger partial charge in [0.1, 0.15) is 18.4 Å². The fraction of sp³-hybridized carbons (Fsp3) is 0.286. The zero-order chi connectivity index (χ0) is 28.0. The molecule has 3 rings (SSSR count). The minimum Gasteiger partial charge on any atom is -0.355 e. The molecule has 0 spiro atoms. The number of aryl methyl sites for hydroxylation is 2. The molecule has 1 N–H and O–H groups in total. The van der Waals surface area contributed by atoms with Crippen molar-refractivity contribution in [1.29, 1.82) is 0 Å². The van der Waals surface area contributed by atoms with Gasteiger partial charge in [-0.25, -0.2) is 12.8 Å². The summed E-state index contributed by atoms with van der Waals surface area (Å²) < 4.78 is 43.1. The summed E-state index contributed by atoms with van der Waals surface area (Å²) in [6, 6.07) is 15.7. The highest BCUT2D eigenvalue weighted by molar-refractivity contribution is 7.92. The molecule has 0 saturated carbocycles. The molecule has 0 unspecified atom stereocenters. The summed E-state index contributed by atoms with van der Waals surface area (Å²) in [6.07, 6.45) is 0. The molecule has 0 saturated heterocycles. The van der Waals surface area contributed by atoms with Gasteiger partial charge in [0.05, 0.1) is 10.6 Å². The second kappa shape index (κ2) is 12.4. The molecule has 0 aliphatic heterocycles. The first-order valence-corrected chi connectivity index (χ1v) is 13.9. The van der Waals surface area contributed by atoms with Crippen molar-refractivity contribution in [3.63, 3.8) is 0 Å². The number of benzene rings is 3. The maximum Gasteiger partial charge on any atom is 0.264 e. The highest BCUT2D eigenvalue weighted by Gasteiger charge is 2.33. The third-order valence-corrected chi connectivity index (χ3v) is 8.32. The van der Waals surface area contributed by atoms with Gasteiger partial charge in [0.15, 0.2) is 0 Å². The van der Waals surface area contributed by atoms with Crippen LogP contribution in [0.1, 0.15) is 30.5 Å². The lowest BCUT2D eigenvalue weighted by molar-refractivity contribution is -0.139. The number of sulfonamides is 1. The number of carbonyl (C=O) groups excluding carboxylic acids is 2. The molecular formula is C28H31ClFN3O4S. The van der Waals surface area contributed by atoms with Crippen LogP contribution in [0.25, 0.3) is 0 Å². The highest BCUT2D eigenvalue weighted by atomic mass is 35.5. The average molecular weight is 560 g/mol. The first-order valence-electron chi connectivity index (χ1n) is 12.1. The Kier molecular flexibility index (Phi) is 9.51. The number of anilines is 1. The smallest absolute Gasteiger partial charge is 0.264 e. The average Bonchev–Trinajstić information content (AvgIpc) is 2.88. The number of nitrogens with one attached hydrogen (secondary N) is 1. The molecule has 0 aliphatic carbocycles. The van der Waals surface area contributed by atoms with Gasteiger partial charge < -0.3 is 10.2 Å². The largest absolute Gasteiger partial charge is 0.355 e. The summed E-state index contributed by atoms with van der Waals surface area (Å²) in [4.78, 5) is 27.6. The molecule has 0 aliphatic rings. The van der Waals surface area contributed by atoms with Crippen LogP contribution in [-0.4, -0.2) is 44.3 Å². The van der Waals surface area contributed by atoms with E-state index in [1.165, 1.54) is 54.3 Å². The summed E-state index contributed by atoms with van der Waals surface area (Å²) in [6.45, 7) is 6.52. The quantitative estimate of drug-likeness (QED) is 0.385. The zero-order valence-electron chi connectivity index (χ0n) is 21.7. The van der Waals surface area contributed by atoms with Gasteiger partial charge in [0, 0.05) is 23.7 Å². The van der Waals surface area contributed by atoms with Crippen LogP contribution in [0.2, 0.25) is 5.02 Å². The second-order valence-electron chi connectivity index (χ2n) is 8.92. The SMILES string of the molecule is CCNC(=O)[C@@H](C)N(Cc1ccccc1F)C(=O)CN(c1ccc(C)c(C)c1)S(=O)(=O)c1ccc(Cl)cc1. The van der Waals surface area contributed by atoms with E-state index in [1.807, 2.05) is 13.8 Å². The van der Waals surface area contributed by atoms with Crippen molar-refractivity contribution in [2.24, 2.45) is 0 Å². The standard InChI is InChI=1S/C28H31ClFN3O4S/c1-5-31-28(35)21(4)32(17-22-8-6-7-9-26(22)30)27(34)18-33(24-13-10-19(2)20(3)16-24)38(36,37)25-14-11-23(29)12-15-25/h6-16,21H,5,17-18H2,1-4H3,(H,31,35)/t21-/m1/s1. The Morgan fingerprint density at radius 2 is 1.66 bits per heavy atom. The Balaban J connectivity index is 2.07. The van der Waals surface area contributed by atoms with Crippen molar-refractivity contribution in [3.8, 4) is 0 Å². The number of hydrogen-bond donors (Lipinski definition) is 1. The molecule has 10 heteroatoms. The lowest BCUT2D eigenvalue weighted by atomic mass is 10.1. The summed E-state index contributed by atoms with van der Waals surface area (Å²) in [5.74, 6) is -1.63. The highest BCUT2D eigenvalue weighted by Crippen LogP contribution is 2.27. The minimum atomic E-state index is -4.21. The first-order chi connectivity index (χ1) is 17.9. The molecule has 0 heterocycles. The Morgan fingerprint density at radius 3 is 2.26 bits per heavy atom. The Bertz CT molecular complexity index is 1410. The van der Waals surface area contributed by atoms with Crippen LogP contribution in [-0.2, 0) is 26.2 Å². The maximum atomic E-state index is 14.5. The third kappa shape index (κ3) is 6.71. The Hall–Kier alpha value is -3.43. The molecule has 7 nitrogen and oxygen atoms in total. The van der Waals surface area contributed by atoms with Crippen LogP contribution in [0.3, 0.4) is 0 Å². The molecule has 202 valence electrons. The summed E-state index contributed by atoms with van der Waals surface area (Å²) in [7, 11) is -4.21. The summed E-state index contributed by atoms with van der Waals surface area (Å²) in [5.41, 5.74) is 2.28. The van der Waals surface area contributed by atoms with Crippen LogP contribution in [0.5, 0.6) is 0 Å². The Labute approximate surface area is 228 Å². The monoisotopic (exact) mass is 559 g/mol. The normalized spacial score (nSPS) is 12.1. The molecule has 0 bridgehead atoms. The third-order valence-electron chi connectivity index (χ3n) is 6.28. The van der Waals surface area contributed by atoms with E-state index < -0.39 is 40.2 Å². The molecule has 3 aromatic rings. The van der Waals surface area contributed by atoms with E-state index in [-0.39, 0.29) is 22.7 Å². The molecule has 38 heavy (non-hydrogen) atoms. The van der Waals surface area contributed by atoms with Gasteiger partial charge in [0.2, 0.25) is 11.8 Å². The molecule has 1 atom stereocenters. The molecule has 0 fully saturated rings. The molecule has 0 radical (unpaired) electrons. The maximum absolute atomic E-state index is 14.5. The fourth-order valence-electron chi connectivity index (χ4n) is 3.86. The van der Waals surface area contributed by atoms with E-state index in [1.54, 1.807) is 31.2 Å². The number of hydrogen-bond acceptors (Lipinski definition) is 4. The van der Waals surface area contributed by atoms with Gasteiger partial charge in [-0.1, -0.05) is 35.9 Å². The van der Waals surface area contributed by atoms with Crippen LogP contribution in [0.15, 0.2) is 71.6 Å². The van der Waals surface area contributed by atoms with Crippen LogP contribution in [0.4, 0.5) is 10.1 Å². The second-order valence-corrected chi connectivity index (χ2v) is 11.2. The van der Waals surface area contributed by atoms with Crippen molar-refractivity contribution in [2.75, 3.05) is 17.4 Å². The Morgan fingerprint density at radius 1 is 1.00 bits per heavy atom. The van der Waals surface area contributed by atoms with E-state index in [0.29, 0.717) is 11.6 Å². The number of nitrogens with zero attached hydrogens (tertiary/aromatic N) is 2. The van der Waals surface area contributed by atoms with Crippen molar-refractivity contribution < 1.29 is 22.4 Å². The zero-order valence-corrected chi connectivity index (χ0v) is 23.3. The predicted octanol–water partition coefficient (Wildman–Crippen LogP) is 4.84. The topological polar surface area (TPSA) is 86.8 Å². The summed E-state index contributed by atoms with van der Waals surface area (Å²) in [5, 5.41) is 3.04. The van der Waals surface area contributed by atoms with Gasteiger partial charge in [-0.2, -0.15) is 0 Å². The van der Waals surface area contributed by atoms with E-state index >= 15 is 0 Å². The van der Waals surface area contributed by atoms with Crippen LogP contribution < -0.4 is 9.62 Å². The minimum absolute atomic E-state index is 0.0506. The van der Waals surface area contributed by atoms with Gasteiger partial charge in [-0.15, -0.1) is 0 Å². The van der Waals surface area contributed by atoms with Crippen molar-refractivity contribution >= 4 is 39.1 Å². The van der Waals surface area contributed by atoms with Crippen molar-refractivity contribution in [3.05, 3.63) is 94.3 Å². The lowest BCUT2D eigenvalue weighted by Gasteiger charge is -2.32. The summed E-state index contributed by atoms with van der Waals surface area (Å²) >= 11 is 5.96. The molecular weight excluding hydrogens is 529 g/mol. The number of amides is 2. The molecule has 3 aromatic carbocycles. The molecule has 0 aromatic heterocycles. The number of halogens is 2. The van der Waals surface area contributed by atoms with E-state index in [0.717, 1.165) is 15.4 Å². The van der Waals surface area contributed by atoms with Gasteiger partial charge in [-0.3, -0.25) is 13.9 Å².